The quantitative estimate of drug-likeness (QED) is 0.880. The molecule has 0 unspecified atom stereocenters. The van der Waals surface area contributed by atoms with E-state index in [-0.39, 0.29) is 5.70 Å². The topological polar surface area (TPSA) is 80.9 Å². The second kappa shape index (κ2) is 5.38. The Hall–Kier alpha value is -1.92. The number of tetrazole rings is 1. The highest BCUT2D eigenvalue weighted by atomic mass is 35.5. The molecule has 0 aliphatic rings. The van der Waals surface area contributed by atoms with E-state index in [1.165, 1.54) is 6.08 Å². The van der Waals surface area contributed by atoms with Crippen LogP contribution in [-0.4, -0.2) is 31.3 Å². The number of rotatable bonds is 3. The van der Waals surface area contributed by atoms with Crippen molar-refractivity contribution in [2.75, 3.05) is 0 Å². The third-order valence-electron chi connectivity index (χ3n) is 2.32. The minimum absolute atomic E-state index is 0.0825. The maximum absolute atomic E-state index is 11.3. The first-order valence-electron chi connectivity index (χ1n) is 5.14. The molecule has 0 amide bonds. The fraction of sp³-hybridized carbons (Fsp3) is 0.0909. The summed E-state index contributed by atoms with van der Waals surface area (Å²) in [5, 5.41) is 20.6. The number of benzene rings is 1. The molecule has 0 bridgehead atoms. The van der Waals surface area contributed by atoms with E-state index < -0.39 is 5.97 Å². The van der Waals surface area contributed by atoms with Gasteiger partial charge in [-0.1, -0.05) is 29.3 Å². The molecule has 6 nitrogen and oxygen atoms in total. The van der Waals surface area contributed by atoms with Gasteiger partial charge in [0.05, 0.1) is 10.0 Å². The molecule has 0 saturated heterocycles. The summed E-state index contributed by atoms with van der Waals surface area (Å²) in [7, 11) is 0. The van der Waals surface area contributed by atoms with E-state index in [0.717, 1.165) is 4.68 Å². The molecule has 1 aromatic heterocycles. The lowest BCUT2D eigenvalue weighted by Crippen LogP contribution is -2.11. The largest absolute Gasteiger partial charge is 0.477 e. The Bertz CT molecular complexity index is 666. The molecule has 0 saturated carbocycles. The molecule has 2 aromatic rings. The van der Waals surface area contributed by atoms with Crippen LogP contribution in [-0.2, 0) is 4.79 Å². The fourth-order valence-corrected chi connectivity index (χ4v) is 1.73. The van der Waals surface area contributed by atoms with Crippen LogP contribution in [0.15, 0.2) is 18.2 Å². The van der Waals surface area contributed by atoms with E-state index >= 15 is 0 Å². The third kappa shape index (κ3) is 2.91. The van der Waals surface area contributed by atoms with Gasteiger partial charge in [0, 0.05) is 0 Å². The number of aromatic nitrogens is 4. The Labute approximate surface area is 118 Å². The zero-order valence-corrected chi connectivity index (χ0v) is 11.2. The first kappa shape index (κ1) is 13.5. The molecule has 8 heteroatoms. The summed E-state index contributed by atoms with van der Waals surface area (Å²) < 4.78 is 1.13. The van der Waals surface area contributed by atoms with Crippen molar-refractivity contribution in [1.82, 2.24) is 20.2 Å². The number of nitrogens with zero attached hydrogens (tertiary/aromatic N) is 4. The minimum Gasteiger partial charge on any atom is -0.477 e. The summed E-state index contributed by atoms with van der Waals surface area (Å²) >= 11 is 11.7. The highest BCUT2D eigenvalue weighted by Crippen LogP contribution is 2.24. The van der Waals surface area contributed by atoms with Gasteiger partial charge in [-0.3, -0.25) is 0 Å². The lowest BCUT2D eigenvalue weighted by molar-refractivity contribution is -0.130. The van der Waals surface area contributed by atoms with Crippen molar-refractivity contribution >= 4 is 40.9 Å². The maximum Gasteiger partial charge on any atom is 0.354 e. The third-order valence-corrected chi connectivity index (χ3v) is 3.06. The molecular weight excluding hydrogens is 291 g/mol. The average molecular weight is 299 g/mol. The molecule has 1 N–H and O–H groups in total. The monoisotopic (exact) mass is 298 g/mol. The number of aliphatic carboxylic acids is 1. The summed E-state index contributed by atoms with van der Waals surface area (Å²) in [5.41, 5.74) is 0.502. The van der Waals surface area contributed by atoms with Gasteiger partial charge in [0.1, 0.15) is 0 Å². The predicted octanol–water partition coefficient (Wildman–Crippen LogP) is 2.37. The van der Waals surface area contributed by atoms with Crippen LogP contribution in [0.25, 0.3) is 11.8 Å². The molecule has 98 valence electrons. The van der Waals surface area contributed by atoms with Gasteiger partial charge < -0.3 is 5.11 Å². The number of hydrogen-bond acceptors (Lipinski definition) is 4. The van der Waals surface area contributed by atoms with E-state index in [2.05, 4.69) is 15.5 Å². The fourth-order valence-electron chi connectivity index (χ4n) is 1.43. The van der Waals surface area contributed by atoms with E-state index in [0.29, 0.717) is 21.4 Å². The highest BCUT2D eigenvalue weighted by molar-refractivity contribution is 6.42. The molecule has 0 atom stereocenters. The van der Waals surface area contributed by atoms with Gasteiger partial charge in [0.15, 0.2) is 11.5 Å². The average Bonchev–Trinajstić information content (AvgIpc) is 2.76. The van der Waals surface area contributed by atoms with Crippen LogP contribution in [0.4, 0.5) is 0 Å². The highest BCUT2D eigenvalue weighted by Gasteiger charge is 2.14. The zero-order valence-electron chi connectivity index (χ0n) is 9.71. The smallest absolute Gasteiger partial charge is 0.354 e. The number of carbonyl (C=O) groups is 1. The van der Waals surface area contributed by atoms with Crippen LogP contribution >= 0.6 is 23.2 Å². The van der Waals surface area contributed by atoms with E-state index in [1.54, 1.807) is 25.1 Å². The normalized spacial score (nSPS) is 11.6. The Morgan fingerprint density at radius 1 is 1.37 bits per heavy atom. The molecule has 0 aliphatic carbocycles. The second-order valence-electron chi connectivity index (χ2n) is 3.65. The maximum atomic E-state index is 11.3. The molecule has 19 heavy (non-hydrogen) atoms. The van der Waals surface area contributed by atoms with Crippen LogP contribution in [0.2, 0.25) is 10.0 Å². The summed E-state index contributed by atoms with van der Waals surface area (Å²) in [6.07, 6.45) is 1.41. The summed E-state index contributed by atoms with van der Waals surface area (Å²) in [5.74, 6) is -0.782. The van der Waals surface area contributed by atoms with Crippen molar-refractivity contribution in [2.45, 2.75) is 6.92 Å². The number of aryl methyl sites for hydroxylation is 1. The molecule has 0 spiro atoms. The first-order chi connectivity index (χ1) is 8.99. The molecule has 1 aromatic carbocycles. The minimum atomic E-state index is -1.15. The van der Waals surface area contributed by atoms with Crippen LogP contribution in [0.3, 0.4) is 0 Å². The lowest BCUT2D eigenvalue weighted by atomic mass is 10.2. The van der Waals surface area contributed by atoms with Crippen LogP contribution < -0.4 is 0 Å². The Morgan fingerprint density at radius 3 is 2.63 bits per heavy atom. The molecule has 0 aliphatic heterocycles. The van der Waals surface area contributed by atoms with Crippen molar-refractivity contribution in [3.63, 3.8) is 0 Å². The number of carboxylic acid groups (broad SMARTS) is 1. The van der Waals surface area contributed by atoms with Crippen LogP contribution in [0.1, 0.15) is 11.4 Å². The van der Waals surface area contributed by atoms with Crippen molar-refractivity contribution in [3.8, 4) is 0 Å². The Kier molecular flexibility index (Phi) is 3.82. The van der Waals surface area contributed by atoms with Gasteiger partial charge in [-0.25, -0.2) is 4.79 Å². The number of hydrogen-bond donors (Lipinski definition) is 1. The van der Waals surface area contributed by atoms with E-state index in [4.69, 9.17) is 23.2 Å². The SMILES string of the molecule is Cc1nnnn1/C(=C\c1ccc(Cl)c(Cl)c1)C(=O)O. The van der Waals surface area contributed by atoms with Gasteiger partial charge in [0.2, 0.25) is 0 Å². The summed E-state index contributed by atoms with van der Waals surface area (Å²) in [6.45, 7) is 1.60. The summed E-state index contributed by atoms with van der Waals surface area (Å²) in [6, 6.07) is 4.80. The molecule has 1 heterocycles. The van der Waals surface area contributed by atoms with Crippen LogP contribution in [0.5, 0.6) is 0 Å². The lowest BCUT2D eigenvalue weighted by Gasteiger charge is -2.03. The standard InChI is InChI=1S/C11H8Cl2N4O2/c1-6-14-15-16-17(6)10(11(18)19)5-7-2-3-8(12)9(13)4-7/h2-5H,1H3,(H,18,19)/b10-5-. The van der Waals surface area contributed by atoms with Crippen molar-refractivity contribution in [2.24, 2.45) is 0 Å². The predicted molar refractivity (Wildman–Crippen MR) is 70.8 cm³/mol. The van der Waals surface area contributed by atoms with Crippen molar-refractivity contribution < 1.29 is 9.90 Å². The van der Waals surface area contributed by atoms with Crippen molar-refractivity contribution in [1.29, 1.82) is 0 Å². The van der Waals surface area contributed by atoms with Gasteiger partial charge in [0.25, 0.3) is 0 Å². The number of carboxylic acids is 1. The van der Waals surface area contributed by atoms with Crippen LogP contribution in [0, 0.1) is 6.92 Å². The van der Waals surface area contributed by atoms with Gasteiger partial charge in [-0.05, 0) is 41.1 Å². The number of halogens is 2. The Balaban J connectivity index is 2.50. The zero-order chi connectivity index (χ0) is 14.0. The molecule has 0 radical (unpaired) electrons. The second-order valence-corrected chi connectivity index (χ2v) is 4.46. The first-order valence-corrected chi connectivity index (χ1v) is 5.90. The van der Waals surface area contributed by atoms with E-state index in [9.17, 15) is 9.90 Å². The molecular formula is C11H8Cl2N4O2. The van der Waals surface area contributed by atoms with Crippen molar-refractivity contribution in [3.05, 3.63) is 39.6 Å². The Morgan fingerprint density at radius 2 is 2.11 bits per heavy atom. The molecule has 2 rings (SSSR count). The van der Waals surface area contributed by atoms with Gasteiger partial charge in [-0.2, -0.15) is 4.68 Å². The summed E-state index contributed by atoms with van der Waals surface area (Å²) in [4.78, 5) is 11.3. The van der Waals surface area contributed by atoms with E-state index in [1.807, 2.05) is 0 Å². The van der Waals surface area contributed by atoms with Gasteiger partial charge in [-0.15, -0.1) is 5.10 Å². The molecule has 0 fully saturated rings. The van der Waals surface area contributed by atoms with Gasteiger partial charge >= 0.3 is 5.97 Å².